The monoisotopic (exact) mass is 406 g/mol. The largest absolute Gasteiger partial charge is 0.469 e. The van der Waals surface area contributed by atoms with Gasteiger partial charge < -0.3 is 15.0 Å². The van der Waals surface area contributed by atoms with Gasteiger partial charge in [0.2, 0.25) is 5.91 Å². The van der Waals surface area contributed by atoms with Gasteiger partial charge in [-0.05, 0) is 41.9 Å². The molecule has 5 nitrogen and oxygen atoms in total. The number of rotatable bonds is 4. The van der Waals surface area contributed by atoms with Gasteiger partial charge in [-0.15, -0.1) is 0 Å². The first-order valence-electron chi connectivity index (χ1n) is 8.51. The van der Waals surface area contributed by atoms with E-state index in [0.717, 1.165) is 29.8 Å². The first-order chi connectivity index (χ1) is 12.9. The van der Waals surface area contributed by atoms with Gasteiger partial charge in [-0.1, -0.05) is 41.4 Å². The highest BCUT2D eigenvalue weighted by Gasteiger charge is 2.28. The first-order valence-corrected chi connectivity index (χ1v) is 9.26. The summed E-state index contributed by atoms with van der Waals surface area (Å²) >= 11 is 12.7. The number of carbonyl (C=O) groups excluding carboxylic acids is 2. The van der Waals surface area contributed by atoms with Crippen LogP contribution in [0.5, 0.6) is 0 Å². The molecule has 0 aromatic heterocycles. The molecule has 1 aliphatic rings. The minimum absolute atomic E-state index is 0.00965. The lowest BCUT2D eigenvalue weighted by atomic mass is 9.84. The average Bonchev–Trinajstić information content (AvgIpc) is 2.62. The van der Waals surface area contributed by atoms with E-state index < -0.39 is 11.9 Å². The van der Waals surface area contributed by atoms with Crippen LogP contribution in [0.3, 0.4) is 0 Å². The molecule has 142 valence electrons. The molecule has 0 saturated heterocycles. The maximum Gasteiger partial charge on any atom is 0.315 e. The Morgan fingerprint density at radius 3 is 2.70 bits per heavy atom. The van der Waals surface area contributed by atoms with Gasteiger partial charge in [-0.3, -0.25) is 9.59 Å². The van der Waals surface area contributed by atoms with E-state index >= 15 is 0 Å². The number of anilines is 1. The molecule has 0 fully saturated rings. The Bertz CT molecular complexity index is 886. The topological polar surface area (TPSA) is 58.6 Å². The molecule has 1 amide bonds. The van der Waals surface area contributed by atoms with E-state index in [1.165, 1.54) is 7.11 Å². The summed E-state index contributed by atoms with van der Waals surface area (Å²) in [6.45, 7) is 1.49. The van der Waals surface area contributed by atoms with E-state index in [0.29, 0.717) is 15.7 Å². The lowest BCUT2D eigenvalue weighted by Crippen LogP contribution is -2.32. The third-order valence-electron chi connectivity index (χ3n) is 4.64. The quantitative estimate of drug-likeness (QED) is 0.613. The van der Waals surface area contributed by atoms with Crippen LogP contribution in [0.2, 0.25) is 10.0 Å². The minimum atomic E-state index is -0.578. The van der Waals surface area contributed by atoms with Crippen molar-refractivity contribution in [3.63, 3.8) is 0 Å². The van der Waals surface area contributed by atoms with E-state index in [4.69, 9.17) is 23.2 Å². The van der Waals surface area contributed by atoms with Crippen LogP contribution in [0.1, 0.15) is 29.0 Å². The second-order valence-corrected chi connectivity index (χ2v) is 7.44. The predicted molar refractivity (Wildman–Crippen MR) is 106 cm³/mol. The summed E-state index contributed by atoms with van der Waals surface area (Å²) in [6.07, 6.45) is -0.330. The molecule has 0 unspecified atom stereocenters. The van der Waals surface area contributed by atoms with Crippen molar-refractivity contribution in [1.82, 2.24) is 4.90 Å². The highest BCUT2D eigenvalue weighted by molar-refractivity contribution is 6.35. The van der Waals surface area contributed by atoms with Crippen molar-refractivity contribution in [2.45, 2.75) is 18.9 Å². The Balaban J connectivity index is 1.98. The van der Waals surface area contributed by atoms with Crippen LogP contribution in [-0.2, 0) is 20.9 Å². The summed E-state index contributed by atoms with van der Waals surface area (Å²) < 4.78 is 4.56. The molecule has 0 radical (unpaired) electrons. The average molecular weight is 407 g/mol. The fourth-order valence-corrected chi connectivity index (χ4v) is 3.99. The van der Waals surface area contributed by atoms with Gasteiger partial charge >= 0.3 is 5.97 Å². The zero-order valence-electron chi connectivity index (χ0n) is 15.1. The molecule has 0 saturated carbocycles. The fourth-order valence-electron chi connectivity index (χ4n) is 3.42. The van der Waals surface area contributed by atoms with Crippen molar-refractivity contribution in [1.29, 1.82) is 0 Å². The molecule has 1 heterocycles. The number of para-hydroxylation sites is 1. The molecule has 0 bridgehead atoms. The van der Waals surface area contributed by atoms with Gasteiger partial charge in [0, 0.05) is 34.7 Å². The lowest BCUT2D eigenvalue weighted by molar-refractivity contribution is -0.142. The number of halogens is 2. The summed E-state index contributed by atoms with van der Waals surface area (Å²) in [7, 11) is 3.28. The van der Waals surface area contributed by atoms with Crippen molar-refractivity contribution in [2.24, 2.45) is 0 Å². The van der Waals surface area contributed by atoms with Crippen molar-refractivity contribution >= 4 is 40.8 Å². The number of methoxy groups -OCH3 is 1. The van der Waals surface area contributed by atoms with Crippen LogP contribution in [0, 0.1) is 0 Å². The Hall–Kier alpha value is -2.08. The molecule has 0 spiro atoms. The molecule has 7 heteroatoms. The molecular formula is C20H20Cl2N2O3. The zero-order chi connectivity index (χ0) is 19.6. The Morgan fingerprint density at radius 2 is 1.96 bits per heavy atom. The standard InChI is InChI=1S/C20H20Cl2N2O3/c1-24-10-15(14-7-12(21)8-17(22)16(14)11-24)13-5-3-4-6-18(13)23-19(25)9-20(26)27-2/h3-8,15H,9-11H2,1-2H3,(H,23,25)/t15-/m0/s1. The number of hydrogen-bond acceptors (Lipinski definition) is 4. The number of likely N-dealkylation sites (N-methyl/N-ethyl adjacent to an activating group) is 1. The van der Waals surface area contributed by atoms with Crippen LogP contribution in [0.15, 0.2) is 36.4 Å². The number of nitrogens with zero attached hydrogens (tertiary/aromatic N) is 1. The number of hydrogen-bond donors (Lipinski definition) is 1. The van der Waals surface area contributed by atoms with Crippen molar-refractivity contribution in [2.75, 3.05) is 26.0 Å². The normalized spacial score (nSPS) is 16.5. The second kappa shape index (κ2) is 8.30. The summed E-state index contributed by atoms with van der Waals surface area (Å²) in [5.74, 6) is -1.00. The second-order valence-electron chi connectivity index (χ2n) is 6.59. The van der Waals surface area contributed by atoms with E-state index in [1.807, 2.05) is 37.4 Å². The number of amides is 1. The van der Waals surface area contributed by atoms with E-state index in [9.17, 15) is 9.59 Å². The molecule has 1 aliphatic heterocycles. The van der Waals surface area contributed by atoms with Crippen molar-refractivity contribution in [3.05, 3.63) is 63.1 Å². The first kappa shape index (κ1) is 19.7. The summed E-state index contributed by atoms with van der Waals surface area (Å²) in [5.41, 5.74) is 3.70. The Morgan fingerprint density at radius 1 is 1.22 bits per heavy atom. The molecule has 1 atom stereocenters. The highest BCUT2D eigenvalue weighted by atomic mass is 35.5. The maximum atomic E-state index is 12.2. The van der Waals surface area contributed by atoms with E-state index in [2.05, 4.69) is 15.0 Å². The van der Waals surface area contributed by atoms with Crippen LogP contribution < -0.4 is 5.32 Å². The fraction of sp³-hybridized carbons (Fsp3) is 0.300. The number of esters is 1. The van der Waals surface area contributed by atoms with Gasteiger partial charge in [0.1, 0.15) is 6.42 Å². The van der Waals surface area contributed by atoms with Gasteiger partial charge in [0.05, 0.1) is 7.11 Å². The van der Waals surface area contributed by atoms with E-state index in [-0.39, 0.29) is 12.3 Å². The van der Waals surface area contributed by atoms with Crippen LogP contribution >= 0.6 is 23.2 Å². The van der Waals surface area contributed by atoms with Crippen LogP contribution in [0.25, 0.3) is 0 Å². The number of fused-ring (bicyclic) bond motifs is 1. The van der Waals surface area contributed by atoms with Crippen LogP contribution in [-0.4, -0.2) is 37.5 Å². The molecule has 0 aliphatic carbocycles. The van der Waals surface area contributed by atoms with Crippen molar-refractivity contribution in [3.8, 4) is 0 Å². The smallest absolute Gasteiger partial charge is 0.315 e. The molecule has 2 aromatic carbocycles. The third-order valence-corrected chi connectivity index (χ3v) is 5.19. The van der Waals surface area contributed by atoms with Gasteiger partial charge in [-0.2, -0.15) is 0 Å². The maximum absolute atomic E-state index is 12.2. The third kappa shape index (κ3) is 4.43. The summed E-state index contributed by atoms with van der Waals surface area (Å²) in [4.78, 5) is 25.7. The molecular weight excluding hydrogens is 387 g/mol. The van der Waals surface area contributed by atoms with Crippen LogP contribution in [0.4, 0.5) is 5.69 Å². The minimum Gasteiger partial charge on any atom is -0.469 e. The summed E-state index contributed by atoms with van der Waals surface area (Å²) in [6, 6.07) is 11.2. The number of ether oxygens (including phenoxy) is 1. The SMILES string of the molecule is COC(=O)CC(=O)Nc1ccccc1[C@@H]1CN(C)Cc2c(Cl)cc(Cl)cc21. The van der Waals surface area contributed by atoms with Gasteiger partial charge in [0.15, 0.2) is 0 Å². The highest BCUT2D eigenvalue weighted by Crippen LogP contribution is 2.40. The number of carbonyl (C=O) groups is 2. The zero-order valence-corrected chi connectivity index (χ0v) is 16.6. The Kier molecular flexibility index (Phi) is 6.05. The molecule has 3 rings (SSSR count). The number of nitrogens with one attached hydrogen (secondary N) is 1. The summed E-state index contributed by atoms with van der Waals surface area (Å²) in [5, 5.41) is 4.05. The Labute approximate surface area is 168 Å². The lowest BCUT2D eigenvalue weighted by Gasteiger charge is -2.34. The van der Waals surface area contributed by atoms with Crippen molar-refractivity contribution < 1.29 is 14.3 Å². The van der Waals surface area contributed by atoms with Gasteiger partial charge in [-0.25, -0.2) is 0 Å². The molecule has 2 aromatic rings. The molecule has 27 heavy (non-hydrogen) atoms. The van der Waals surface area contributed by atoms with Gasteiger partial charge in [0.25, 0.3) is 0 Å². The molecule has 1 N–H and O–H groups in total. The van der Waals surface area contributed by atoms with E-state index in [1.54, 1.807) is 6.07 Å². The predicted octanol–water partition coefficient (Wildman–Crippen LogP) is 4.07. The number of benzene rings is 2.